The Morgan fingerprint density at radius 1 is 0.783 bits per heavy atom. The van der Waals surface area contributed by atoms with E-state index in [0.29, 0.717) is 6.54 Å². The number of imidazole rings is 1. The zero-order chi connectivity index (χ0) is 15.4. The molecule has 2 heterocycles. The number of para-hydroxylation sites is 2. The first-order valence-corrected chi connectivity index (χ1v) is 7.78. The molecular formula is C20H15N3. The third-order valence-corrected chi connectivity index (χ3v) is 4.59. The molecule has 110 valence electrons. The largest absolute Gasteiger partial charge is 0.326 e. The van der Waals surface area contributed by atoms with Crippen molar-refractivity contribution >= 4 is 38.4 Å². The van der Waals surface area contributed by atoms with Crippen LogP contribution in [0.25, 0.3) is 38.4 Å². The molecular weight excluding hydrogens is 282 g/mol. The molecule has 5 rings (SSSR count). The second kappa shape index (κ2) is 4.54. The molecule has 0 bridgehead atoms. The van der Waals surface area contributed by atoms with Gasteiger partial charge in [0.05, 0.1) is 16.6 Å². The average Bonchev–Trinajstić information content (AvgIpc) is 3.01. The van der Waals surface area contributed by atoms with Gasteiger partial charge in [0.15, 0.2) is 0 Å². The maximum atomic E-state index is 6.01. The Kier molecular flexibility index (Phi) is 2.49. The molecule has 0 aliphatic heterocycles. The lowest BCUT2D eigenvalue weighted by Gasteiger charge is -2.12. The topological polar surface area (TPSA) is 43.3 Å². The molecule has 23 heavy (non-hydrogen) atoms. The van der Waals surface area contributed by atoms with Crippen LogP contribution in [0, 0.1) is 0 Å². The van der Waals surface area contributed by atoms with Crippen LogP contribution in [0.15, 0.2) is 66.7 Å². The summed E-state index contributed by atoms with van der Waals surface area (Å²) in [5, 5.41) is 3.60. The molecule has 0 spiro atoms. The molecule has 5 aromatic rings. The van der Waals surface area contributed by atoms with Crippen molar-refractivity contribution in [3.63, 3.8) is 0 Å². The van der Waals surface area contributed by atoms with Gasteiger partial charge in [-0.25, -0.2) is 4.98 Å². The van der Waals surface area contributed by atoms with E-state index in [-0.39, 0.29) is 0 Å². The molecule has 2 N–H and O–H groups in total. The molecule has 0 amide bonds. The summed E-state index contributed by atoms with van der Waals surface area (Å²) < 4.78 is 2.26. The number of benzene rings is 3. The molecule has 0 aliphatic rings. The second-order valence-electron chi connectivity index (χ2n) is 5.82. The zero-order valence-electron chi connectivity index (χ0n) is 12.5. The van der Waals surface area contributed by atoms with Crippen molar-refractivity contribution in [1.29, 1.82) is 0 Å². The summed E-state index contributed by atoms with van der Waals surface area (Å²) in [6.07, 6.45) is 0. The van der Waals surface area contributed by atoms with Crippen LogP contribution in [-0.2, 0) is 6.54 Å². The van der Waals surface area contributed by atoms with Gasteiger partial charge in [0.1, 0.15) is 5.65 Å². The zero-order valence-corrected chi connectivity index (χ0v) is 12.5. The van der Waals surface area contributed by atoms with Crippen LogP contribution in [0.1, 0.15) is 5.56 Å². The van der Waals surface area contributed by atoms with Gasteiger partial charge in [-0.2, -0.15) is 0 Å². The molecule has 3 aromatic carbocycles. The Bertz CT molecular complexity index is 1200. The van der Waals surface area contributed by atoms with Gasteiger partial charge >= 0.3 is 0 Å². The summed E-state index contributed by atoms with van der Waals surface area (Å²) in [5.41, 5.74) is 11.5. The minimum absolute atomic E-state index is 0.527. The molecule has 0 aliphatic carbocycles. The number of nitrogens with two attached hydrogens (primary N) is 1. The fourth-order valence-corrected chi connectivity index (χ4v) is 3.60. The standard InChI is InChI=1S/C20H15N3/c21-12-13-6-5-11-18-19(13)14-7-1-2-8-15(14)20-22-16-9-3-4-10-17(16)23(18)20/h1-11H,12,21H2. The normalized spacial score (nSPS) is 11.9. The molecule has 0 unspecified atom stereocenters. The predicted molar refractivity (Wildman–Crippen MR) is 95.6 cm³/mol. The number of hydrogen-bond donors (Lipinski definition) is 1. The summed E-state index contributed by atoms with van der Waals surface area (Å²) in [4.78, 5) is 4.88. The van der Waals surface area contributed by atoms with E-state index in [2.05, 4.69) is 65.1 Å². The molecule has 0 radical (unpaired) electrons. The number of rotatable bonds is 1. The number of pyridine rings is 1. The van der Waals surface area contributed by atoms with E-state index in [1.54, 1.807) is 0 Å². The van der Waals surface area contributed by atoms with Crippen LogP contribution >= 0.6 is 0 Å². The van der Waals surface area contributed by atoms with Crippen molar-refractivity contribution in [3.05, 3.63) is 72.3 Å². The minimum Gasteiger partial charge on any atom is -0.326 e. The van der Waals surface area contributed by atoms with E-state index in [9.17, 15) is 0 Å². The molecule has 3 nitrogen and oxygen atoms in total. The lowest BCUT2D eigenvalue weighted by atomic mass is 10.0. The average molecular weight is 297 g/mol. The van der Waals surface area contributed by atoms with Gasteiger partial charge < -0.3 is 5.73 Å². The Labute approximate surface area is 133 Å². The Morgan fingerprint density at radius 2 is 1.52 bits per heavy atom. The third kappa shape index (κ3) is 1.60. The van der Waals surface area contributed by atoms with Gasteiger partial charge in [0, 0.05) is 17.3 Å². The highest BCUT2D eigenvalue weighted by Crippen LogP contribution is 2.33. The van der Waals surface area contributed by atoms with E-state index in [1.165, 1.54) is 16.3 Å². The van der Waals surface area contributed by atoms with E-state index < -0.39 is 0 Å². The third-order valence-electron chi connectivity index (χ3n) is 4.59. The van der Waals surface area contributed by atoms with Crippen LogP contribution in [0.3, 0.4) is 0 Å². The van der Waals surface area contributed by atoms with E-state index in [1.807, 2.05) is 6.07 Å². The number of nitrogens with zero attached hydrogens (tertiary/aromatic N) is 2. The molecule has 0 saturated carbocycles. The van der Waals surface area contributed by atoms with Crippen molar-refractivity contribution in [2.45, 2.75) is 6.54 Å². The smallest absolute Gasteiger partial charge is 0.146 e. The number of hydrogen-bond acceptors (Lipinski definition) is 2. The number of fused-ring (bicyclic) bond motifs is 8. The first-order valence-electron chi connectivity index (χ1n) is 7.78. The van der Waals surface area contributed by atoms with Crippen molar-refractivity contribution < 1.29 is 0 Å². The van der Waals surface area contributed by atoms with Crippen LogP contribution in [0.2, 0.25) is 0 Å². The van der Waals surface area contributed by atoms with Gasteiger partial charge in [0.2, 0.25) is 0 Å². The summed E-state index contributed by atoms with van der Waals surface area (Å²) >= 11 is 0. The van der Waals surface area contributed by atoms with E-state index in [0.717, 1.165) is 27.6 Å². The summed E-state index contributed by atoms with van der Waals surface area (Å²) in [7, 11) is 0. The first-order chi connectivity index (χ1) is 11.4. The summed E-state index contributed by atoms with van der Waals surface area (Å²) in [5.74, 6) is 0. The van der Waals surface area contributed by atoms with Gasteiger partial charge in [0.25, 0.3) is 0 Å². The van der Waals surface area contributed by atoms with Crippen LogP contribution in [0.5, 0.6) is 0 Å². The van der Waals surface area contributed by atoms with Gasteiger partial charge in [-0.1, -0.05) is 48.5 Å². The van der Waals surface area contributed by atoms with Gasteiger partial charge in [-0.15, -0.1) is 0 Å². The SMILES string of the molecule is NCc1cccc2c1c1ccccc1c1nc3ccccc3n21. The van der Waals surface area contributed by atoms with Crippen LogP contribution < -0.4 is 5.73 Å². The fourth-order valence-electron chi connectivity index (χ4n) is 3.60. The highest BCUT2D eigenvalue weighted by atomic mass is 15.0. The van der Waals surface area contributed by atoms with Crippen molar-refractivity contribution in [3.8, 4) is 0 Å². The highest BCUT2D eigenvalue weighted by Gasteiger charge is 2.14. The molecule has 0 fully saturated rings. The van der Waals surface area contributed by atoms with E-state index in [4.69, 9.17) is 10.7 Å². The maximum Gasteiger partial charge on any atom is 0.146 e. The molecule has 0 saturated heterocycles. The van der Waals surface area contributed by atoms with Gasteiger partial charge in [-0.05, 0) is 29.1 Å². The maximum absolute atomic E-state index is 6.01. The Balaban J connectivity index is 2.22. The quantitative estimate of drug-likeness (QED) is 0.470. The van der Waals surface area contributed by atoms with Gasteiger partial charge in [-0.3, -0.25) is 4.40 Å². The van der Waals surface area contributed by atoms with E-state index >= 15 is 0 Å². The summed E-state index contributed by atoms with van der Waals surface area (Å²) in [6, 6.07) is 23.1. The lowest BCUT2D eigenvalue weighted by Crippen LogP contribution is -2.00. The number of aromatic nitrogens is 2. The monoisotopic (exact) mass is 297 g/mol. The van der Waals surface area contributed by atoms with Crippen molar-refractivity contribution in [2.75, 3.05) is 0 Å². The van der Waals surface area contributed by atoms with Crippen LogP contribution in [-0.4, -0.2) is 9.38 Å². The Hall–Kier alpha value is -2.91. The van der Waals surface area contributed by atoms with Crippen LogP contribution in [0.4, 0.5) is 0 Å². The van der Waals surface area contributed by atoms with Crippen molar-refractivity contribution in [1.82, 2.24) is 9.38 Å². The highest BCUT2D eigenvalue weighted by molar-refractivity contribution is 6.14. The fraction of sp³-hybridized carbons (Fsp3) is 0.0500. The predicted octanol–water partition coefficient (Wildman–Crippen LogP) is 4.25. The lowest BCUT2D eigenvalue weighted by molar-refractivity contribution is 1.09. The molecule has 3 heteroatoms. The molecule has 0 atom stereocenters. The second-order valence-corrected chi connectivity index (χ2v) is 5.82. The Morgan fingerprint density at radius 3 is 2.39 bits per heavy atom. The summed E-state index contributed by atoms with van der Waals surface area (Å²) in [6.45, 7) is 0.527. The molecule has 2 aromatic heterocycles. The first kappa shape index (κ1) is 12.6. The minimum atomic E-state index is 0.527. The van der Waals surface area contributed by atoms with Crippen molar-refractivity contribution in [2.24, 2.45) is 5.73 Å².